The lowest BCUT2D eigenvalue weighted by Crippen LogP contribution is -2.38. The average molecular weight is 326 g/mol. The molecule has 0 saturated carbocycles. The first-order valence-corrected chi connectivity index (χ1v) is 7.92. The van der Waals surface area contributed by atoms with E-state index in [4.69, 9.17) is 9.52 Å². The minimum atomic E-state index is -4.16. The molecule has 0 spiro atoms. The number of hydrogen-bond acceptors (Lipinski definition) is 5. The topological polar surface area (TPSA) is 91.6 Å². The van der Waals surface area contributed by atoms with Crippen LogP contribution in [-0.4, -0.2) is 39.1 Å². The molecule has 122 valence electrons. The maximum Gasteiger partial charge on any atom is 0.283 e. The SMILES string of the molecule is CC(C)CNCc1ccc(S(=O)(=O)NCC(F)(F)CO)o1. The average Bonchev–Trinajstić information content (AvgIpc) is 2.86. The molecule has 1 aromatic heterocycles. The number of nitrogens with one attached hydrogen (secondary N) is 2. The molecule has 0 bridgehead atoms. The van der Waals surface area contributed by atoms with Gasteiger partial charge in [0.2, 0.25) is 5.09 Å². The fraction of sp³-hybridized carbons (Fsp3) is 0.667. The predicted octanol–water partition coefficient (Wildman–Crippen LogP) is 0.931. The van der Waals surface area contributed by atoms with Gasteiger partial charge in [0, 0.05) is 0 Å². The van der Waals surface area contributed by atoms with Crippen LogP contribution in [0.15, 0.2) is 21.6 Å². The Labute approximate surface area is 122 Å². The Kier molecular flexibility index (Phi) is 6.26. The molecule has 1 aromatic rings. The Bertz CT molecular complexity index is 543. The molecule has 0 radical (unpaired) electrons. The zero-order valence-electron chi connectivity index (χ0n) is 11.9. The number of rotatable bonds is 9. The highest BCUT2D eigenvalue weighted by atomic mass is 32.2. The van der Waals surface area contributed by atoms with Gasteiger partial charge in [-0.05, 0) is 24.6 Å². The van der Waals surface area contributed by atoms with E-state index in [1.54, 1.807) is 4.72 Å². The van der Waals surface area contributed by atoms with Crippen LogP contribution in [0.2, 0.25) is 0 Å². The summed E-state index contributed by atoms with van der Waals surface area (Å²) in [6, 6.07) is 2.66. The van der Waals surface area contributed by atoms with Crippen LogP contribution in [-0.2, 0) is 16.6 Å². The van der Waals surface area contributed by atoms with Crippen molar-refractivity contribution in [3.63, 3.8) is 0 Å². The summed E-state index contributed by atoms with van der Waals surface area (Å²) in [6.45, 7) is 2.52. The fourth-order valence-electron chi connectivity index (χ4n) is 1.41. The third kappa shape index (κ3) is 6.08. The van der Waals surface area contributed by atoms with Crippen molar-refractivity contribution in [2.45, 2.75) is 31.4 Å². The van der Waals surface area contributed by atoms with Gasteiger partial charge in [-0.3, -0.25) is 0 Å². The highest BCUT2D eigenvalue weighted by Gasteiger charge is 2.31. The monoisotopic (exact) mass is 326 g/mol. The van der Waals surface area contributed by atoms with Gasteiger partial charge in [0.25, 0.3) is 15.9 Å². The second-order valence-corrected chi connectivity index (χ2v) is 6.78. The van der Waals surface area contributed by atoms with Gasteiger partial charge in [0.05, 0.1) is 13.1 Å². The molecule has 0 aromatic carbocycles. The fourth-order valence-corrected chi connectivity index (χ4v) is 2.42. The first kappa shape index (κ1) is 18.0. The first-order chi connectivity index (χ1) is 9.66. The van der Waals surface area contributed by atoms with Gasteiger partial charge < -0.3 is 14.8 Å². The lowest BCUT2D eigenvalue weighted by atomic mass is 10.2. The van der Waals surface area contributed by atoms with Gasteiger partial charge in [0.1, 0.15) is 12.4 Å². The quantitative estimate of drug-likeness (QED) is 0.628. The number of aliphatic hydroxyl groups is 1. The summed E-state index contributed by atoms with van der Waals surface area (Å²) in [5, 5.41) is 11.0. The third-order valence-corrected chi connectivity index (χ3v) is 3.78. The van der Waals surface area contributed by atoms with Crippen molar-refractivity contribution in [1.82, 2.24) is 10.0 Å². The molecule has 1 heterocycles. The lowest BCUT2D eigenvalue weighted by Gasteiger charge is -2.13. The summed E-state index contributed by atoms with van der Waals surface area (Å²) < 4.78 is 56.0. The minimum absolute atomic E-state index is 0.348. The largest absolute Gasteiger partial charge is 0.447 e. The highest BCUT2D eigenvalue weighted by molar-refractivity contribution is 7.89. The second-order valence-electron chi connectivity index (χ2n) is 5.08. The number of furan rings is 1. The number of hydrogen-bond donors (Lipinski definition) is 3. The van der Waals surface area contributed by atoms with E-state index in [-0.39, 0.29) is 0 Å². The normalized spacial score (nSPS) is 13.0. The Morgan fingerprint density at radius 2 is 2.05 bits per heavy atom. The summed E-state index contributed by atoms with van der Waals surface area (Å²) in [5.41, 5.74) is 0. The maximum absolute atomic E-state index is 12.8. The van der Waals surface area contributed by atoms with Gasteiger partial charge in [-0.2, -0.15) is 0 Å². The van der Waals surface area contributed by atoms with Gasteiger partial charge in [-0.15, -0.1) is 0 Å². The number of halogens is 2. The summed E-state index contributed by atoms with van der Waals surface area (Å²) in [4.78, 5) is 0. The summed E-state index contributed by atoms with van der Waals surface area (Å²) >= 11 is 0. The summed E-state index contributed by atoms with van der Waals surface area (Å²) in [5.74, 6) is -2.68. The van der Waals surface area contributed by atoms with Crippen molar-refractivity contribution in [3.8, 4) is 0 Å². The molecular weight excluding hydrogens is 306 g/mol. The molecule has 6 nitrogen and oxygen atoms in total. The minimum Gasteiger partial charge on any atom is -0.447 e. The molecule has 0 saturated heterocycles. The van der Waals surface area contributed by atoms with Crippen LogP contribution in [0.5, 0.6) is 0 Å². The zero-order chi connectivity index (χ0) is 16.1. The molecule has 3 N–H and O–H groups in total. The van der Waals surface area contributed by atoms with Crippen LogP contribution in [0.3, 0.4) is 0 Å². The summed E-state index contributed by atoms with van der Waals surface area (Å²) in [7, 11) is -4.16. The molecule has 21 heavy (non-hydrogen) atoms. The Morgan fingerprint density at radius 1 is 1.38 bits per heavy atom. The van der Waals surface area contributed by atoms with E-state index in [2.05, 4.69) is 5.32 Å². The van der Waals surface area contributed by atoms with Crippen molar-refractivity contribution in [2.24, 2.45) is 5.92 Å². The van der Waals surface area contributed by atoms with Gasteiger partial charge >= 0.3 is 0 Å². The van der Waals surface area contributed by atoms with Crippen LogP contribution < -0.4 is 10.0 Å². The van der Waals surface area contributed by atoms with Gasteiger partial charge in [0.15, 0.2) is 0 Å². The number of aliphatic hydroxyl groups excluding tert-OH is 1. The molecule has 0 aliphatic rings. The molecular formula is C12H20F2N2O4S. The Morgan fingerprint density at radius 3 is 2.62 bits per heavy atom. The van der Waals surface area contributed by atoms with Crippen LogP contribution >= 0.6 is 0 Å². The molecule has 0 fully saturated rings. The molecule has 0 aliphatic carbocycles. The van der Waals surface area contributed by atoms with Crippen LogP contribution in [0.4, 0.5) is 8.78 Å². The first-order valence-electron chi connectivity index (χ1n) is 6.44. The molecule has 0 unspecified atom stereocenters. The Balaban J connectivity index is 2.62. The van der Waals surface area contributed by atoms with E-state index in [1.165, 1.54) is 12.1 Å². The van der Waals surface area contributed by atoms with Crippen molar-refractivity contribution in [2.75, 3.05) is 19.7 Å². The Hall–Kier alpha value is -1.03. The van der Waals surface area contributed by atoms with Crippen LogP contribution in [0.25, 0.3) is 0 Å². The predicted molar refractivity (Wildman–Crippen MR) is 72.5 cm³/mol. The van der Waals surface area contributed by atoms with E-state index in [1.807, 2.05) is 13.8 Å². The smallest absolute Gasteiger partial charge is 0.283 e. The molecule has 9 heteroatoms. The lowest BCUT2D eigenvalue weighted by molar-refractivity contribution is -0.0437. The molecule has 1 rings (SSSR count). The highest BCUT2D eigenvalue weighted by Crippen LogP contribution is 2.16. The molecule has 0 aliphatic heterocycles. The van der Waals surface area contributed by atoms with E-state index in [9.17, 15) is 17.2 Å². The standard InChI is InChI=1S/C12H20F2N2O4S/c1-9(2)5-15-6-10-3-4-11(20-10)21(18,19)16-7-12(13,14)8-17/h3-4,9,15-17H,5-8H2,1-2H3. The van der Waals surface area contributed by atoms with E-state index < -0.39 is 34.2 Å². The van der Waals surface area contributed by atoms with Crippen molar-refractivity contribution in [3.05, 3.63) is 17.9 Å². The van der Waals surface area contributed by atoms with Crippen molar-refractivity contribution in [1.29, 1.82) is 0 Å². The summed E-state index contributed by atoms with van der Waals surface area (Å²) in [6.07, 6.45) is 0. The maximum atomic E-state index is 12.8. The van der Waals surface area contributed by atoms with Crippen molar-refractivity contribution < 1.29 is 26.7 Å². The van der Waals surface area contributed by atoms with E-state index >= 15 is 0 Å². The van der Waals surface area contributed by atoms with Crippen molar-refractivity contribution >= 4 is 10.0 Å². The van der Waals surface area contributed by atoms with E-state index in [0.717, 1.165) is 6.54 Å². The van der Waals surface area contributed by atoms with Crippen LogP contribution in [0, 0.1) is 5.92 Å². The van der Waals surface area contributed by atoms with Crippen LogP contribution in [0.1, 0.15) is 19.6 Å². The molecule has 0 amide bonds. The third-order valence-electron chi connectivity index (χ3n) is 2.51. The van der Waals surface area contributed by atoms with E-state index in [0.29, 0.717) is 18.2 Å². The van der Waals surface area contributed by atoms with Gasteiger partial charge in [-0.1, -0.05) is 13.8 Å². The zero-order valence-corrected chi connectivity index (χ0v) is 12.7. The number of alkyl halides is 2. The molecule has 0 atom stereocenters. The number of sulfonamides is 1. The van der Waals surface area contributed by atoms with Gasteiger partial charge in [-0.25, -0.2) is 21.9 Å². The second kappa shape index (κ2) is 7.30.